The number of carbonyl (C=O) groups excluding carboxylic acids is 1. The molecule has 0 saturated heterocycles. The van der Waals surface area contributed by atoms with Crippen LogP contribution in [0, 0.1) is 12.3 Å². The Bertz CT molecular complexity index is 583. The zero-order valence-electron chi connectivity index (χ0n) is 10.8. The minimum absolute atomic E-state index is 0.0215. The predicted octanol–water partition coefficient (Wildman–Crippen LogP) is 0.736. The Labute approximate surface area is 113 Å². The largest absolute Gasteiger partial charge is 0.350 e. The molecule has 19 heavy (non-hydrogen) atoms. The molecule has 2 N–H and O–H groups in total. The summed E-state index contributed by atoms with van der Waals surface area (Å²) in [5.74, 6) is 1.95. The SMILES string of the molecule is C#CCNS(=O)(=O)c1ccc(C(=O)NC(C)C)cc1. The van der Waals surface area contributed by atoms with Crippen molar-refractivity contribution in [3.8, 4) is 12.3 Å². The summed E-state index contributed by atoms with van der Waals surface area (Å²) in [6.07, 6.45) is 4.99. The van der Waals surface area contributed by atoms with Crippen LogP contribution in [-0.4, -0.2) is 26.9 Å². The van der Waals surface area contributed by atoms with E-state index in [1.807, 2.05) is 13.8 Å². The molecule has 0 aromatic heterocycles. The second-order valence-electron chi connectivity index (χ2n) is 4.18. The predicted molar refractivity (Wildman–Crippen MR) is 73.1 cm³/mol. The highest BCUT2D eigenvalue weighted by atomic mass is 32.2. The van der Waals surface area contributed by atoms with Gasteiger partial charge in [0.1, 0.15) is 0 Å². The number of hydrogen-bond acceptors (Lipinski definition) is 3. The first-order chi connectivity index (χ1) is 8.86. The van der Waals surface area contributed by atoms with Crippen LogP contribution in [-0.2, 0) is 10.0 Å². The lowest BCUT2D eigenvalue weighted by Gasteiger charge is -2.09. The van der Waals surface area contributed by atoms with Gasteiger partial charge in [-0.25, -0.2) is 8.42 Å². The fourth-order valence-electron chi connectivity index (χ4n) is 1.35. The van der Waals surface area contributed by atoms with E-state index >= 15 is 0 Å². The highest BCUT2D eigenvalue weighted by molar-refractivity contribution is 7.89. The molecule has 0 spiro atoms. The minimum atomic E-state index is -3.61. The number of benzene rings is 1. The van der Waals surface area contributed by atoms with Gasteiger partial charge in [0.25, 0.3) is 5.91 Å². The minimum Gasteiger partial charge on any atom is -0.350 e. The van der Waals surface area contributed by atoms with E-state index in [9.17, 15) is 13.2 Å². The Morgan fingerprint density at radius 1 is 1.32 bits per heavy atom. The van der Waals surface area contributed by atoms with Gasteiger partial charge in [-0.2, -0.15) is 4.72 Å². The molecule has 1 aromatic carbocycles. The van der Waals surface area contributed by atoms with E-state index in [2.05, 4.69) is 16.0 Å². The Morgan fingerprint density at radius 2 is 1.89 bits per heavy atom. The van der Waals surface area contributed by atoms with Gasteiger partial charge >= 0.3 is 0 Å². The molecule has 0 saturated carbocycles. The normalized spacial score (nSPS) is 11.1. The van der Waals surface area contributed by atoms with Crippen LogP contribution >= 0.6 is 0 Å². The van der Waals surface area contributed by atoms with Crippen LogP contribution in [0.3, 0.4) is 0 Å². The lowest BCUT2D eigenvalue weighted by molar-refractivity contribution is 0.0943. The fraction of sp³-hybridized carbons (Fsp3) is 0.308. The highest BCUT2D eigenvalue weighted by Crippen LogP contribution is 2.10. The van der Waals surface area contributed by atoms with Crippen LogP contribution < -0.4 is 10.0 Å². The molecule has 102 valence electrons. The number of sulfonamides is 1. The standard InChI is InChI=1S/C13H16N2O3S/c1-4-9-14-19(17,18)12-7-5-11(6-8-12)13(16)15-10(2)3/h1,5-8,10,14H,9H2,2-3H3,(H,15,16). The van der Waals surface area contributed by atoms with Crippen molar-refractivity contribution < 1.29 is 13.2 Å². The first kappa shape index (κ1) is 15.2. The zero-order valence-corrected chi connectivity index (χ0v) is 11.6. The highest BCUT2D eigenvalue weighted by Gasteiger charge is 2.14. The van der Waals surface area contributed by atoms with Crippen molar-refractivity contribution in [3.05, 3.63) is 29.8 Å². The molecule has 5 nitrogen and oxygen atoms in total. The Hall–Kier alpha value is -1.84. The molecule has 0 aliphatic carbocycles. The molecule has 0 unspecified atom stereocenters. The number of rotatable bonds is 5. The first-order valence-corrected chi connectivity index (χ1v) is 7.19. The molecule has 1 amide bonds. The summed E-state index contributed by atoms with van der Waals surface area (Å²) in [4.78, 5) is 11.8. The van der Waals surface area contributed by atoms with E-state index in [4.69, 9.17) is 6.42 Å². The van der Waals surface area contributed by atoms with Gasteiger partial charge in [0.05, 0.1) is 11.4 Å². The molecule has 6 heteroatoms. The van der Waals surface area contributed by atoms with Crippen LogP contribution in [0.1, 0.15) is 24.2 Å². The fourth-order valence-corrected chi connectivity index (χ4v) is 2.29. The van der Waals surface area contributed by atoms with E-state index in [0.717, 1.165) is 0 Å². The third-order valence-corrected chi connectivity index (χ3v) is 3.63. The first-order valence-electron chi connectivity index (χ1n) is 5.71. The summed E-state index contributed by atoms with van der Waals surface area (Å²) < 4.78 is 25.7. The van der Waals surface area contributed by atoms with Crippen LogP contribution in [0.25, 0.3) is 0 Å². The number of carbonyl (C=O) groups is 1. The van der Waals surface area contributed by atoms with Crippen molar-refractivity contribution in [2.75, 3.05) is 6.54 Å². The maximum Gasteiger partial charge on any atom is 0.251 e. The number of hydrogen-bond donors (Lipinski definition) is 2. The number of terminal acetylenes is 1. The van der Waals surface area contributed by atoms with Gasteiger partial charge in [-0.15, -0.1) is 6.42 Å². The Balaban J connectivity index is 2.88. The number of amides is 1. The van der Waals surface area contributed by atoms with Crippen molar-refractivity contribution in [1.82, 2.24) is 10.0 Å². The van der Waals surface area contributed by atoms with E-state index < -0.39 is 10.0 Å². The average molecular weight is 280 g/mol. The average Bonchev–Trinajstić information content (AvgIpc) is 2.36. The molecule has 0 aliphatic rings. The van der Waals surface area contributed by atoms with E-state index in [1.54, 1.807) is 0 Å². The Morgan fingerprint density at radius 3 is 2.37 bits per heavy atom. The molecule has 0 fully saturated rings. The second kappa shape index (κ2) is 6.36. The van der Waals surface area contributed by atoms with Crippen LogP contribution in [0.4, 0.5) is 0 Å². The molecule has 0 heterocycles. The van der Waals surface area contributed by atoms with Crippen LogP contribution in [0.5, 0.6) is 0 Å². The second-order valence-corrected chi connectivity index (χ2v) is 5.95. The number of nitrogens with one attached hydrogen (secondary N) is 2. The van der Waals surface area contributed by atoms with Crippen molar-refractivity contribution in [2.45, 2.75) is 24.8 Å². The summed E-state index contributed by atoms with van der Waals surface area (Å²) in [6, 6.07) is 5.68. The summed E-state index contributed by atoms with van der Waals surface area (Å²) in [5, 5.41) is 2.72. The molecule has 0 bridgehead atoms. The summed E-state index contributed by atoms with van der Waals surface area (Å²) >= 11 is 0. The van der Waals surface area contributed by atoms with Crippen molar-refractivity contribution in [2.24, 2.45) is 0 Å². The van der Waals surface area contributed by atoms with Gasteiger partial charge in [0.2, 0.25) is 10.0 Å². The smallest absolute Gasteiger partial charge is 0.251 e. The topological polar surface area (TPSA) is 75.3 Å². The lowest BCUT2D eigenvalue weighted by Crippen LogP contribution is -2.30. The van der Waals surface area contributed by atoms with E-state index in [-0.39, 0.29) is 23.4 Å². The molecular weight excluding hydrogens is 264 g/mol. The van der Waals surface area contributed by atoms with Gasteiger partial charge in [-0.05, 0) is 38.1 Å². The molecule has 0 aliphatic heterocycles. The lowest BCUT2D eigenvalue weighted by atomic mass is 10.2. The van der Waals surface area contributed by atoms with E-state index in [1.165, 1.54) is 24.3 Å². The quantitative estimate of drug-likeness (QED) is 0.781. The van der Waals surface area contributed by atoms with Gasteiger partial charge in [0.15, 0.2) is 0 Å². The maximum atomic E-state index is 11.7. The van der Waals surface area contributed by atoms with Gasteiger partial charge in [-0.3, -0.25) is 4.79 Å². The zero-order chi connectivity index (χ0) is 14.5. The Kier molecular flexibility index (Phi) is 5.10. The maximum absolute atomic E-state index is 11.7. The van der Waals surface area contributed by atoms with Crippen molar-refractivity contribution >= 4 is 15.9 Å². The molecule has 0 radical (unpaired) electrons. The van der Waals surface area contributed by atoms with Crippen molar-refractivity contribution in [1.29, 1.82) is 0 Å². The molecule has 1 aromatic rings. The van der Waals surface area contributed by atoms with Crippen LogP contribution in [0.2, 0.25) is 0 Å². The van der Waals surface area contributed by atoms with Gasteiger partial charge < -0.3 is 5.32 Å². The summed E-state index contributed by atoms with van der Waals surface area (Å²) in [5.41, 5.74) is 0.407. The van der Waals surface area contributed by atoms with Crippen LogP contribution in [0.15, 0.2) is 29.2 Å². The van der Waals surface area contributed by atoms with Gasteiger partial charge in [-0.1, -0.05) is 5.92 Å². The molecule has 1 rings (SSSR count). The third-order valence-electron chi connectivity index (χ3n) is 2.21. The monoisotopic (exact) mass is 280 g/mol. The molecule has 0 atom stereocenters. The summed E-state index contributed by atoms with van der Waals surface area (Å²) in [7, 11) is -3.61. The molecular formula is C13H16N2O3S. The van der Waals surface area contributed by atoms with Crippen molar-refractivity contribution in [3.63, 3.8) is 0 Å². The summed E-state index contributed by atoms with van der Waals surface area (Å²) in [6.45, 7) is 3.62. The third kappa shape index (κ3) is 4.39. The van der Waals surface area contributed by atoms with E-state index in [0.29, 0.717) is 5.56 Å². The van der Waals surface area contributed by atoms with Gasteiger partial charge in [0, 0.05) is 11.6 Å².